The minimum absolute atomic E-state index is 0.154. The Labute approximate surface area is 194 Å². The molecule has 1 atom stereocenters. The second-order valence-corrected chi connectivity index (χ2v) is 8.18. The largest absolute Gasteiger partial charge is 0.439 e. The fourth-order valence-corrected chi connectivity index (χ4v) is 3.54. The Morgan fingerprint density at radius 1 is 1.15 bits per heavy atom. The van der Waals surface area contributed by atoms with Gasteiger partial charge in [-0.2, -0.15) is 5.10 Å². The summed E-state index contributed by atoms with van der Waals surface area (Å²) in [7, 11) is 1.83. The summed E-state index contributed by atoms with van der Waals surface area (Å²) in [5.41, 5.74) is 2.66. The number of aryl methyl sites for hydroxylation is 1. The smallest absolute Gasteiger partial charge is 0.222 e. The van der Waals surface area contributed by atoms with Gasteiger partial charge in [0.15, 0.2) is 0 Å². The number of rotatable bonds is 12. The van der Waals surface area contributed by atoms with E-state index in [4.69, 9.17) is 14.6 Å². The molecule has 0 fully saturated rings. The third-order valence-corrected chi connectivity index (χ3v) is 5.25. The van der Waals surface area contributed by atoms with Gasteiger partial charge in [-0.25, -0.2) is 9.07 Å². The number of benzene rings is 2. The van der Waals surface area contributed by atoms with Crippen LogP contribution in [0.3, 0.4) is 0 Å². The highest BCUT2D eigenvalue weighted by molar-refractivity contribution is 5.65. The molecule has 1 aromatic heterocycles. The van der Waals surface area contributed by atoms with Crippen LogP contribution < -0.4 is 4.74 Å². The maximum Gasteiger partial charge on any atom is 0.222 e. The molecule has 0 amide bonds. The molecule has 0 saturated heterocycles. The van der Waals surface area contributed by atoms with Crippen molar-refractivity contribution < 1.29 is 19.0 Å². The predicted molar refractivity (Wildman–Crippen MR) is 128 cm³/mol. The van der Waals surface area contributed by atoms with E-state index >= 15 is 0 Å². The van der Waals surface area contributed by atoms with Crippen LogP contribution in [0.1, 0.15) is 19.4 Å². The van der Waals surface area contributed by atoms with Crippen LogP contribution in [0.2, 0.25) is 0 Å². The first kappa shape index (κ1) is 24.6. The second kappa shape index (κ2) is 11.7. The maximum atomic E-state index is 13.4. The van der Waals surface area contributed by atoms with Gasteiger partial charge in [-0.1, -0.05) is 36.4 Å². The molecule has 0 saturated carbocycles. The zero-order valence-corrected chi connectivity index (χ0v) is 19.4. The van der Waals surface area contributed by atoms with Gasteiger partial charge in [0, 0.05) is 31.7 Å². The lowest BCUT2D eigenvalue weighted by atomic mass is 10.1. The fraction of sp³-hybridized carbons (Fsp3) is 0.346. The van der Waals surface area contributed by atoms with Crippen molar-refractivity contribution >= 4 is 0 Å². The third-order valence-electron chi connectivity index (χ3n) is 5.25. The Balaban J connectivity index is 1.93. The lowest BCUT2D eigenvalue weighted by Gasteiger charge is -2.29. The SMILES string of the molecule is C=CCOCC(O)CN(Cc1c(-c2ccccc2)nn(C)c1Oc1ccc(F)cc1)C(C)C. The Kier molecular flexibility index (Phi) is 8.77. The standard InChI is InChI=1S/C26H32FN3O3/c1-5-15-32-18-22(31)16-30(19(2)3)17-24-25(20-9-7-6-8-10-20)28-29(4)26(24)33-23-13-11-21(27)12-14-23/h5-14,19,22,31H,1,15-18H2,2-4H3. The molecule has 33 heavy (non-hydrogen) atoms. The van der Waals surface area contributed by atoms with E-state index in [2.05, 4.69) is 25.3 Å². The number of aliphatic hydroxyl groups excluding tert-OH is 1. The van der Waals surface area contributed by atoms with Crippen LogP contribution >= 0.6 is 0 Å². The topological polar surface area (TPSA) is 59.8 Å². The van der Waals surface area contributed by atoms with Gasteiger partial charge in [0.1, 0.15) is 17.3 Å². The minimum atomic E-state index is -0.648. The van der Waals surface area contributed by atoms with Crippen molar-refractivity contribution in [2.75, 3.05) is 19.8 Å². The third kappa shape index (κ3) is 6.74. The average Bonchev–Trinajstić information content (AvgIpc) is 3.10. The van der Waals surface area contributed by atoms with Crippen LogP contribution in [-0.4, -0.2) is 51.7 Å². The van der Waals surface area contributed by atoms with Crippen LogP contribution in [-0.2, 0) is 18.3 Å². The van der Waals surface area contributed by atoms with Crippen molar-refractivity contribution in [2.24, 2.45) is 7.05 Å². The van der Waals surface area contributed by atoms with E-state index in [-0.39, 0.29) is 18.5 Å². The lowest BCUT2D eigenvalue weighted by molar-refractivity contribution is 0.0177. The molecular weight excluding hydrogens is 421 g/mol. The summed E-state index contributed by atoms with van der Waals surface area (Å²) in [5.74, 6) is 0.772. The van der Waals surface area contributed by atoms with E-state index in [0.717, 1.165) is 16.8 Å². The van der Waals surface area contributed by atoms with Gasteiger partial charge in [0.2, 0.25) is 5.88 Å². The van der Waals surface area contributed by atoms with E-state index in [1.165, 1.54) is 12.1 Å². The molecule has 3 aromatic rings. The van der Waals surface area contributed by atoms with E-state index in [1.54, 1.807) is 22.9 Å². The van der Waals surface area contributed by atoms with Crippen LogP contribution in [0.15, 0.2) is 67.3 Å². The highest BCUT2D eigenvalue weighted by Gasteiger charge is 2.24. The number of aromatic nitrogens is 2. The van der Waals surface area contributed by atoms with E-state index in [0.29, 0.717) is 31.3 Å². The van der Waals surface area contributed by atoms with Gasteiger partial charge in [-0.05, 0) is 38.1 Å². The lowest BCUT2D eigenvalue weighted by Crippen LogP contribution is -2.39. The molecule has 2 aromatic carbocycles. The fourth-order valence-electron chi connectivity index (χ4n) is 3.54. The summed E-state index contributed by atoms with van der Waals surface area (Å²) in [6, 6.07) is 16.0. The first-order chi connectivity index (χ1) is 15.9. The van der Waals surface area contributed by atoms with Crippen molar-refractivity contribution in [3.63, 3.8) is 0 Å². The van der Waals surface area contributed by atoms with E-state index in [9.17, 15) is 9.50 Å². The molecular formula is C26H32FN3O3. The first-order valence-corrected chi connectivity index (χ1v) is 11.0. The monoisotopic (exact) mass is 453 g/mol. The Morgan fingerprint density at radius 2 is 1.85 bits per heavy atom. The highest BCUT2D eigenvalue weighted by Crippen LogP contribution is 2.34. The molecule has 0 spiro atoms. The van der Waals surface area contributed by atoms with Gasteiger partial charge < -0.3 is 14.6 Å². The normalized spacial score (nSPS) is 12.3. The van der Waals surface area contributed by atoms with Crippen molar-refractivity contribution in [1.29, 1.82) is 0 Å². The van der Waals surface area contributed by atoms with Crippen LogP contribution in [0.4, 0.5) is 4.39 Å². The van der Waals surface area contributed by atoms with E-state index < -0.39 is 6.10 Å². The van der Waals surface area contributed by atoms with Gasteiger partial charge in [0.05, 0.1) is 24.9 Å². The Bertz CT molecular complexity index is 1020. The van der Waals surface area contributed by atoms with Gasteiger partial charge in [-0.15, -0.1) is 6.58 Å². The molecule has 0 aliphatic rings. The second-order valence-electron chi connectivity index (χ2n) is 8.18. The first-order valence-electron chi connectivity index (χ1n) is 11.0. The van der Waals surface area contributed by atoms with Gasteiger partial charge in [-0.3, -0.25) is 4.90 Å². The van der Waals surface area contributed by atoms with Gasteiger partial charge >= 0.3 is 0 Å². The quantitative estimate of drug-likeness (QED) is 0.316. The highest BCUT2D eigenvalue weighted by atomic mass is 19.1. The zero-order valence-electron chi connectivity index (χ0n) is 19.4. The number of hydrogen-bond donors (Lipinski definition) is 1. The van der Waals surface area contributed by atoms with Crippen molar-refractivity contribution in [1.82, 2.24) is 14.7 Å². The summed E-state index contributed by atoms with van der Waals surface area (Å²) >= 11 is 0. The molecule has 7 heteroatoms. The number of aliphatic hydroxyl groups is 1. The molecule has 0 bridgehead atoms. The average molecular weight is 454 g/mol. The summed E-state index contributed by atoms with van der Waals surface area (Å²) in [5, 5.41) is 15.2. The maximum absolute atomic E-state index is 13.4. The van der Waals surface area contributed by atoms with Crippen molar-refractivity contribution in [3.05, 3.63) is 78.6 Å². The Hall–Kier alpha value is -3.00. The van der Waals surface area contributed by atoms with Crippen molar-refractivity contribution in [3.8, 4) is 22.9 Å². The summed E-state index contributed by atoms with van der Waals surface area (Å²) < 4.78 is 26.7. The number of halogens is 1. The molecule has 3 rings (SSSR count). The molecule has 1 unspecified atom stereocenters. The molecule has 176 valence electrons. The predicted octanol–water partition coefficient (Wildman–Crippen LogP) is 4.79. The van der Waals surface area contributed by atoms with Crippen LogP contribution in [0.25, 0.3) is 11.3 Å². The van der Waals surface area contributed by atoms with Gasteiger partial charge in [0.25, 0.3) is 0 Å². The summed E-state index contributed by atoms with van der Waals surface area (Å²) in [6.45, 7) is 9.35. The van der Waals surface area contributed by atoms with Crippen LogP contribution in [0, 0.1) is 5.82 Å². The number of ether oxygens (including phenoxy) is 2. The molecule has 0 radical (unpaired) electrons. The molecule has 1 N–H and O–H groups in total. The van der Waals surface area contributed by atoms with E-state index in [1.807, 2.05) is 37.4 Å². The van der Waals surface area contributed by atoms with Crippen LogP contribution in [0.5, 0.6) is 11.6 Å². The molecule has 0 aliphatic heterocycles. The molecule has 6 nitrogen and oxygen atoms in total. The number of nitrogens with zero attached hydrogens (tertiary/aromatic N) is 3. The molecule has 0 aliphatic carbocycles. The zero-order chi connectivity index (χ0) is 23.8. The molecule has 1 heterocycles. The Morgan fingerprint density at radius 3 is 2.48 bits per heavy atom. The van der Waals surface area contributed by atoms with Crippen molar-refractivity contribution in [2.45, 2.75) is 32.5 Å². The summed E-state index contributed by atoms with van der Waals surface area (Å²) in [6.07, 6.45) is 1.01. The summed E-state index contributed by atoms with van der Waals surface area (Å²) in [4.78, 5) is 2.16. The number of hydrogen-bond acceptors (Lipinski definition) is 5. The minimum Gasteiger partial charge on any atom is -0.439 e.